The minimum atomic E-state index is -0.900. The highest BCUT2D eigenvalue weighted by Crippen LogP contribution is 2.43. The summed E-state index contributed by atoms with van der Waals surface area (Å²) in [7, 11) is 0. The Morgan fingerprint density at radius 3 is 2.59 bits per heavy atom. The minimum absolute atomic E-state index is 0.0339. The number of halogens is 1. The molecule has 0 aromatic heterocycles. The first-order chi connectivity index (χ1) is 15.1. The molecule has 0 saturated carbocycles. The number of imide groups is 2. The fraction of sp³-hybridized carbons (Fsp3) is 0.320. The molecule has 4 rings (SSSR count). The second-order valence-electron chi connectivity index (χ2n) is 8.92. The number of hydrogen-bond donors (Lipinski definition) is 1. The lowest BCUT2D eigenvalue weighted by atomic mass is 9.79. The quantitative estimate of drug-likeness (QED) is 0.565. The van der Waals surface area contributed by atoms with Gasteiger partial charge >= 0.3 is 6.03 Å². The highest BCUT2D eigenvalue weighted by atomic mass is 19.1. The summed E-state index contributed by atoms with van der Waals surface area (Å²) in [6.07, 6.45) is 2.47. The molecule has 166 valence electrons. The van der Waals surface area contributed by atoms with Gasteiger partial charge in [-0.1, -0.05) is 19.1 Å². The van der Waals surface area contributed by atoms with Crippen LogP contribution in [-0.4, -0.2) is 29.9 Å². The smallest absolute Gasteiger partial charge is 0.335 e. The minimum Gasteiger partial charge on any atom is -0.366 e. The Morgan fingerprint density at radius 2 is 1.91 bits per heavy atom. The summed E-state index contributed by atoms with van der Waals surface area (Å²) in [6.45, 7) is 9.64. The van der Waals surface area contributed by atoms with Crippen LogP contribution >= 0.6 is 0 Å². The van der Waals surface area contributed by atoms with Crippen LogP contribution in [0.4, 0.5) is 20.6 Å². The first-order valence-corrected chi connectivity index (χ1v) is 10.7. The molecular weight excluding hydrogens is 409 g/mol. The Kier molecular flexibility index (Phi) is 5.36. The molecule has 2 aliphatic heterocycles. The number of benzene rings is 2. The van der Waals surface area contributed by atoms with Gasteiger partial charge in [-0.15, -0.1) is 0 Å². The molecule has 2 heterocycles. The van der Waals surface area contributed by atoms with Gasteiger partial charge in [0.1, 0.15) is 11.4 Å². The van der Waals surface area contributed by atoms with Crippen molar-refractivity contribution >= 4 is 35.3 Å². The molecule has 2 aliphatic rings. The number of rotatable bonds is 3. The molecule has 2 aromatic rings. The van der Waals surface area contributed by atoms with Crippen molar-refractivity contribution in [1.82, 2.24) is 5.32 Å². The summed E-state index contributed by atoms with van der Waals surface area (Å²) in [6, 6.07) is 10.1. The van der Waals surface area contributed by atoms with Crippen molar-refractivity contribution in [2.24, 2.45) is 0 Å². The summed E-state index contributed by atoms with van der Waals surface area (Å²) in [5, 5.41) is 2.17. The predicted octanol–water partition coefficient (Wildman–Crippen LogP) is 4.60. The number of carbonyl (C=O) groups is 3. The number of amides is 4. The van der Waals surface area contributed by atoms with Crippen LogP contribution in [0, 0.1) is 5.82 Å². The molecule has 2 aromatic carbocycles. The van der Waals surface area contributed by atoms with E-state index in [4.69, 9.17) is 0 Å². The molecule has 4 amide bonds. The van der Waals surface area contributed by atoms with Crippen LogP contribution in [0.3, 0.4) is 0 Å². The van der Waals surface area contributed by atoms with E-state index in [-0.39, 0.29) is 16.8 Å². The molecular formula is C25H26FN3O3. The van der Waals surface area contributed by atoms with E-state index in [1.54, 1.807) is 0 Å². The maximum absolute atomic E-state index is 13.7. The van der Waals surface area contributed by atoms with Crippen molar-refractivity contribution in [1.29, 1.82) is 0 Å². The molecule has 0 unspecified atom stereocenters. The van der Waals surface area contributed by atoms with Crippen LogP contribution < -0.4 is 15.1 Å². The lowest BCUT2D eigenvalue weighted by molar-refractivity contribution is -0.122. The maximum atomic E-state index is 13.7. The zero-order chi connectivity index (χ0) is 23.2. The van der Waals surface area contributed by atoms with Crippen LogP contribution in [0.1, 0.15) is 51.2 Å². The molecule has 1 fully saturated rings. The average Bonchev–Trinajstić information content (AvgIpc) is 2.71. The van der Waals surface area contributed by atoms with Gasteiger partial charge in [-0.2, -0.15) is 0 Å². The van der Waals surface area contributed by atoms with Crippen LogP contribution in [0.15, 0.2) is 48.0 Å². The van der Waals surface area contributed by atoms with Crippen molar-refractivity contribution in [3.05, 3.63) is 65.0 Å². The first kappa shape index (κ1) is 21.7. The second kappa shape index (κ2) is 7.89. The third-order valence-electron chi connectivity index (χ3n) is 6.21. The normalized spacial score (nSPS) is 21.6. The van der Waals surface area contributed by atoms with E-state index in [0.717, 1.165) is 35.2 Å². The van der Waals surface area contributed by atoms with Crippen molar-refractivity contribution in [3.63, 3.8) is 0 Å². The molecule has 7 heteroatoms. The van der Waals surface area contributed by atoms with E-state index in [9.17, 15) is 18.8 Å². The largest absolute Gasteiger partial charge is 0.366 e. The fourth-order valence-corrected chi connectivity index (χ4v) is 4.87. The van der Waals surface area contributed by atoms with Crippen molar-refractivity contribution in [3.8, 4) is 0 Å². The zero-order valence-electron chi connectivity index (χ0n) is 18.6. The molecule has 1 atom stereocenters. The summed E-state index contributed by atoms with van der Waals surface area (Å²) >= 11 is 0. The molecule has 0 spiro atoms. The number of fused-ring (bicyclic) bond motifs is 1. The molecule has 1 saturated heterocycles. The maximum Gasteiger partial charge on any atom is 0.335 e. The number of carbonyl (C=O) groups excluding carboxylic acids is 3. The molecule has 32 heavy (non-hydrogen) atoms. The first-order valence-electron chi connectivity index (χ1n) is 10.7. The Labute approximate surface area is 186 Å². The van der Waals surface area contributed by atoms with Gasteiger partial charge in [-0.25, -0.2) is 14.1 Å². The van der Waals surface area contributed by atoms with Gasteiger partial charge in [0.05, 0.1) is 5.69 Å². The number of barbiturate groups is 1. The Bertz CT molecular complexity index is 1150. The van der Waals surface area contributed by atoms with E-state index in [2.05, 4.69) is 37.9 Å². The van der Waals surface area contributed by atoms with E-state index >= 15 is 0 Å². The van der Waals surface area contributed by atoms with Gasteiger partial charge in [-0.05, 0) is 80.6 Å². The van der Waals surface area contributed by atoms with Crippen molar-refractivity contribution < 1.29 is 18.8 Å². The zero-order valence-corrected chi connectivity index (χ0v) is 18.6. The molecule has 0 bridgehead atoms. The van der Waals surface area contributed by atoms with Crippen LogP contribution in [0.25, 0.3) is 6.08 Å². The van der Waals surface area contributed by atoms with Gasteiger partial charge < -0.3 is 4.90 Å². The Balaban J connectivity index is 1.73. The van der Waals surface area contributed by atoms with Crippen LogP contribution in [-0.2, 0) is 9.59 Å². The topological polar surface area (TPSA) is 69.7 Å². The van der Waals surface area contributed by atoms with Gasteiger partial charge in [-0.3, -0.25) is 14.9 Å². The van der Waals surface area contributed by atoms with E-state index in [0.29, 0.717) is 11.5 Å². The lowest BCUT2D eigenvalue weighted by Gasteiger charge is -2.47. The number of anilines is 2. The Hall–Kier alpha value is -3.48. The van der Waals surface area contributed by atoms with Crippen molar-refractivity contribution in [2.75, 3.05) is 16.3 Å². The van der Waals surface area contributed by atoms with Crippen LogP contribution in [0.5, 0.6) is 0 Å². The lowest BCUT2D eigenvalue weighted by Crippen LogP contribution is -2.54. The molecule has 0 radical (unpaired) electrons. The second-order valence-corrected chi connectivity index (χ2v) is 8.92. The SMILES string of the molecule is CCN1c2ccc(/C=C3\C(=O)NC(=O)N(c4cccc(F)c4)C3=O)cc2[C@@H](C)CC1(C)C. The van der Waals surface area contributed by atoms with E-state index < -0.39 is 23.7 Å². The molecule has 6 nitrogen and oxygen atoms in total. The predicted molar refractivity (Wildman–Crippen MR) is 122 cm³/mol. The van der Waals surface area contributed by atoms with Gasteiger partial charge in [0.15, 0.2) is 0 Å². The molecule has 0 aliphatic carbocycles. The van der Waals surface area contributed by atoms with Gasteiger partial charge in [0, 0.05) is 17.8 Å². The van der Waals surface area contributed by atoms with Gasteiger partial charge in [0.25, 0.3) is 11.8 Å². The third kappa shape index (κ3) is 3.68. The average molecular weight is 435 g/mol. The number of urea groups is 1. The van der Waals surface area contributed by atoms with Crippen LogP contribution in [0.2, 0.25) is 0 Å². The number of hydrogen-bond acceptors (Lipinski definition) is 4. The molecule has 1 N–H and O–H groups in total. The van der Waals surface area contributed by atoms with E-state index in [1.165, 1.54) is 24.3 Å². The summed E-state index contributed by atoms with van der Waals surface area (Å²) < 4.78 is 13.7. The number of nitrogens with zero attached hydrogens (tertiary/aromatic N) is 2. The summed E-state index contributed by atoms with van der Waals surface area (Å²) in [5.74, 6) is -1.83. The summed E-state index contributed by atoms with van der Waals surface area (Å²) in [5.41, 5.74) is 2.91. The standard InChI is InChI=1S/C25H26FN3O3/c1-5-28-21-10-9-16(11-19(21)15(2)14-25(28,3)4)12-20-22(30)27-24(32)29(23(20)31)18-8-6-7-17(26)13-18/h6-13,15H,5,14H2,1-4H3,(H,27,30,32)/b20-12+/t15-/m0/s1. The van der Waals surface area contributed by atoms with E-state index in [1.807, 2.05) is 18.2 Å². The number of nitrogens with one attached hydrogen (secondary N) is 1. The summed E-state index contributed by atoms with van der Waals surface area (Å²) in [4.78, 5) is 41.0. The third-order valence-corrected chi connectivity index (χ3v) is 6.21. The Morgan fingerprint density at radius 1 is 1.16 bits per heavy atom. The highest BCUT2D eigenvalue weighted by Gasteiger charge is 2.38. The highest BCUT2D eigenvalue weighted by molar-refractivity contribution is 6.39. The monoisotopic (exact) mass is 435 g/mol. The fourth-order valence-electron chi connectivity index (χ4n) is 4.87. The van der Waals surface area contributed by atoms with Gasteiger partial charge in [0.2, 0.25) is 0 Å². The van der Waals surface area contributed by atoms with Crippen molar-refractivity contribution in [2.45, 2.75) is 45.6 Å².